The molecule has 78 valence electrons. The summed E-state index contributed by atoms with van der Waals surface area (Å²) in [4.78, 5) is 0. The summed E-state index contributed by atoms with van der Waals surface area (Å²) in [6.07, 6.45) is 8.35. The van der Waals surface area contributed by atoms with Crippen molar-refractivity contribution in [2.45, 2.75) is 31.8 Å². The molecule has 0 aromatic carbocycles. The zero-order chi connectivity index (χ0) is 10.1. The quantitative estimate of drug-likeness (QED) is 0.746. The fourth-order valence-corrected chi connectivity index (χ4v) is 1.63. The first-order valence-corrected chi connectivity index (χ1v) is 5.29. The van der Waals surface area contributed by atoms with Crippen LogP contribution >= 0.6 is 0 Å². The molecule has 0 spiro atoms. The number of hydrogen-bond donors (Lipinski definition) is 0. The third kappa shape index (κ3) is 1.91. The van der Waals surface area contributed by atoms with Gasteiger partial charge in [-0.1, -0.05) is 5.21 Å². The third-order valence-corrected chi connectivity index (χ3v) is 2.67. The lowest BCUT2D eigenvalue weighted by atomic mass is 10.3. The van der Waals surface area contributed by atoms with Crippen LogP contribution in [0.4, 0.5) is 0 Å². The summed E-state index contributed by atoms with van der Waals surface area (Å²) in [5, 5.41) is 12.4. The summed E-state index contributed by atoms with van der Waals surface area (Å²) < 4.78 is 3.80. The molecule has 2 heterocycles. The molecule has 1 saturated carbocycles. The van der Waals surface area contributed by atoms with Crippen molar-refractivity contribution in [3.05, 3.63) is 30.4 Å². The normalized spacial score (nSPS) is 15.7. The number of aryl methyl sites for hydroxylation is 2. The smallest absolute Gasteiger partial charge is 0.0857 e. The second-order valence-electron chi connectivity index (χ2n) is 3.95. The Labute approximate surface area is 87.7 Å². The van der Waals surface area contributed by atoms with Gasteiger partial charge in [-0.2, -0.15) is 5.10 Å². The summed E-state index contributed by atoms with van der Waals surface area (Å²) in [6, 6.07) is 1.93. The topological polar surface area (TPSA) is 48.5 Å². The Balaban J connectivity index is 1.61. The molecule has 5 nitrogen and oxygen atoms in total. The minimum Gasteiger partial charge on any atom is -0.271 e. The summed E-state index contributed by atoms with van der Waals surface area (Å²) in [5.41, 5.74) is 1.15. The number of nitrogens with zero attached hydrogens (tertiary/aromatic N) is 5. The van der Waals surface area contributed by atoms with E-state index in [0.717, 1.165) is 18.8 Å². The van der Waals surface area contributed by atoms with E-state index >= 15 is 0 Å². The zero-order valence-corrected chi connectivity index (χ0v) is 8.45. The molecule has 3 rings (SSSR count). The van der Waals surface area contributed by atoms with Gasteiger partial charge in [-0.3, -0.25) is 9.36 Å². The highest BCUT2D eigenvalue weighted by Crippen LogP contribution is 2.38. The molecule has 1 aliphatic rings. The van der Waals surface area contributed by atoms with Crippen LogP contribution in [0.25, 0.3) is 0 Å². The molecule has 2 aromatic rings. The average molecular weight is 203 g/mol. The van der Waals surface area contributed by atoms with Crippen LogP contribution in [0.2, 0.25) is 0 Å². The number of rotatable bonds is 4. The fourth-order valence-electron chi connectivity index (χ4n) is 1.63. The molecule has 0 amide bonds. The Kier molecular flexibility index (Phi) is 2.01. The van der Waals surface area contributed by atoms with Gasteiger partial charge in [0, 0.05) is 24.5 Å². The largest absolute Gasteiger partial charge is 0.271 e. The molecule has 15 heavy (non-hydrogen) atoms. The second kappa shape index (κ2) is 3.49. The standard InChI is InChI=1S/C10H13N5/c1-4-11-14(5-1)6-7-15-8-10(12-13-15)9-2-3-9/h1,4-5,8-9H,2-3,6-7H2. The van der Waals surface area contributed by atoms with E-state index in [1.54, 1.807) is 6.20 Å². The molecule has 0 N–H and O–H groups in total. The lowest BCUT2D eigenvalue weighted by Crippen LogP contribution is -2.08. The van der Waals surface area contributed by atoms with Crippen molar-refractivity contribution in [2.24, 2.45) is 0 Å². The monoisotopic (exact) mass is 203 g/mol. The van der Waals surface area contributed by atoms with Crippen molar-refractivity contribution in [1.82, 2.24) is 24.8 Å². The molecule has 5 heteroatoms. The van der Waals surface area contributed by atoms with Crippen LogP contribution in [0.15, 0.2) is 24.7 Å². The van der Waals surface area contributed by atoms with Crippen molar-refractivity contribution >= 4 is 0 Å². The Morgan fingerprint density at radius 1 is 1.27 bits per heavy atom. The van der Waals surface area contributed by atoms with Crippen LogP contribution in [-0.2, 0) is 13.1 Å². The Hall–Kier alpha value is -1.65. The fraction of sp³-hybridized carbons (Fsp3) is 0.500. The van der Waals surface area contributed by atoms with Crippen molar-refractivity contribution in [3.8, 4) is 0 Å². The molecule has 0 saturated heterocycles. The summed E-state index contributed by atoms with van der Waals surface area (Å²) >= 11 is 0. The van der Waals surface area contributed by atoms with E-state index in [1.807, 2.05) is 21.6 Å². The predicted octanol–water partition coefficient (Wildman–Crippen LogP) is 1.05. The molecule has 0 unspecified atom stereocenters. The highest BCUT2D eigenvalue weighted by atomic mass is 15.4. The highest BCUT2D eigenvalue weighted by molar-refractivity contribution is 5.08. The SMILES string of the molecule is c1cnn(CCn2cc(C3CC3)nn2)c1. The molecule has 0 bridgehead atoms. The minimum absolute atomic E-state index is 0.684. The number of hydrogen-bond acceptors (Lipinski definition) is 3. The Bertz CT molecular complexity index is 426. The summed E-state index contributed by atoms with van der Waals surface area (Å²) in [6.45, 7) is 1.68. The molecule has 0 aliphatic heterocycles. The van der Waals surface area contributed by atoms with Crippen LogP contribution in [0.1, 0.15) is 24.5 Å². The summed E-state index contributed by atoms with van der Waals surface area (Å²) in [5.74, 6) is 0.684. The first-order chi connectivity index (χ1) is 7.42. The van der Waals surface area contributed by atoms with Crippen LogP contribution in [0.5, 0.6) is 0 Å². The Morgan fingerprint density at radius 3 is 2.87 bits per heavy atom. The van der Waals surface area contributed by atoms with Crippen molar-refractivity contribution < 1.29 is 0 Å². The van der Waals surface area contributed by atoms with Gasteiger partial charge >= 0.3 is 0 Å². The highest BCUT2D eigenvalue weighted by Gasteiger charge is 2.26. The first kappa shape index (κ1) is 8.64. The van der Waals surface area contributed by atoms with Crippen LogP contribution in [0, 0.1) is 0 Å². The third-order valence-electron chi connectivity index (χ3n) is 2.67. The van der Waals surface area contributed by atoms with E-state index in [9.17, 15) is 0 Å². The average Bonchev–Trinajstić information content (AvgIpc) is 2.82. The van der Waals surface area contributed by atoms with Crippen molar-refractivity contribution in [1.29, 1.82) is 0 Å². The van der Waals surface area contributed by atoms with E-state index in [-0.39, 0.29) is 0 Å². The molecular weight excluding hydrogens is 190 g/mol. The van der Waals surface area contributed by atoms with Crippen molar-refractivity contribution in [3.63, 3.8) is 0 Å². The predicted molar refractivity (Wildman–Crippen MR) is 54.2 cm³/mol. The molecule has 0 radical (unpaired) electrons. The van der Waals surface area contributed by atoms with Gasteiger partial charge in [0.05, 0.1) is 18.8 Å². The Morgan fingerprint density at radius 2 is 2.13 bits per heavy atom. The van der Waals surface area contributed by atoms with E-state index in [4.69, 9.17) is 0 Å². The molecule has 2 aromatic heterocycles. The van der Waals surface area contributed by atoms with Crippen molar-refractivity contribution in [2.75, 3.05) is 0 Å². The maximum atomic E-state index is 4.16. The molecule has 1 fully saturated rings. The van der Waals surface area contributed by atoms with Gasteiger partial charge in [0.2, 0.25) is 0 Å². The minimum atomic E-state index is 0.684. The molecular formula is C10H13N5. The lowest BCUT2D eigenvalue weighted by Gasteiger charge is -2.00. The van der Waals surface area contributed by atoms with Gasteiger partial charge in [0.15, 0.2) is 0 Å². The number of aromatic nitrogens is 5. The lowest BCUT2D eigenvalue weighted by molar-refractivity contribution is 0.490. The van der Waals surface area contributed by atoms with Gasteiger partial charge in [-0.05, 0) is 18.9 Å². The van der Waals surface area contributed by atoms with Gasteiger partial charge in [0.1, 0.15) is 0 Å². The second-order valence-corrected chi connectivity index (χ2v) is 3.95. The van der Waals surface area contributed by atoms with Gasteiger partial charge in [-0.15, -0.1) is 5.10 Å². The first-order valence-electron chi connectivity index (χ1n) is 5.29. The van der Waals surface area contributed by atoms with Crippen LogP contribution in [0.3, 0.4) is 0 Å². The van der Waals surface area contributed by atoms with E-state index < -0.39 is 0 Å². The maximum Gasteiger partial charge on any atom is 0.0857 e. The molecule has 0 atom stereocenters. The van der Waals surface area contributed by atoms with Gasteiger partial charge < -0.3 is 0 Å². The van der Waals surface area contributed by atoms with E-state index in [1.165, 1.54) is 12.8 Å². The maximum absolute atomic E-state index is 4.16. The zero-order valence-electron chi connectivity index (χ0n) is 8.45. The van der Waals surface area contributed by atoms with E-state index in [0.29, 0.717) is 5.92 Å². The van der Waals surface area contributed by atoms with Gasteiger partial charge in [-0.25, -0.2) is 0 Å². The van der Waals surface area contributed by atoms with Gasteiger partial charge in [0.25, 0.3) is 0 Å². The van der Waals surface area contributed by atoms with Crippen LogP contribution in [-0.4, -0.2) is 24.8 Å². The summed E-state index contributed by atoms with van der Waals surface area (Å²) in [7, 11) is 0. The van der Waals surface area contributed by atoms with E-state index in [2.05, 4.69) is 21.6 Å². The van der Waals surface area contributed by atoms with Crippen LogP contribution < -0.4 is 0 Å². The molecule has 1 aliphatic carbocycles.